The number of hydrogen-bond donors (Lipinski definition) is 1. The molecule has 0 bridgehead atoms. The molecule has 2 amide bonds. The van der Waals surface area contributed by atoms with Crippen molar-refractivity contribution in [1.82, 2.24) is 10.2 Å². The zero-order valence-electron chi connectivity index (χ0n) is 9.04. The normalized spacial score (nSPS) is 18.3. The fourth-order valence-electron chi connectivity index (χ4n) is 1.62. The van der Waals surface area contributed by atoms with E-state index in [1.54, 1.807) is 6.07 Å². The van der Waals surface area contributed by atoms with Crippen molar-refractivity contribution in [2.75, 3.05) is 19.6 Å². The Morgan fingerprint density at radius 1 is 1.53 bits per heavy atom. The van der Waals surface area contributed by atoms with E-state index < -0.39 is 11.8 Å². The van der Waals surface area contributed by atoms with Crippen LogP contribution in [0.3, 0.4) is 0 Å². The van der Waals surface area contributed by atoms with Gasteiger partial charge in [0, 0.05) is 13.1 Å². The number of amides is 2. The van der Waals surface area contributed by atoms with Crippen molar-refractivity contribution in [3.05, 3.63) is 0 Å². The second-order valence-corrected chi connectivity index (χ2v) is 4.48. The number of nitrogens with zero attached hydrogens (tertiary/aromatic N) is 2. The van der Waals surface area contributed by atoms with Gasteiger partial charge in [-0.3, -0.25) is 9.59 Å². The van der Waals surface area contributed by atoms with E-state index in [0.29, 0.717) is 13.1 Å². The van der Waals surface area contributed by atoms with Gasteiger partial charge in [0.15, 0.2) is 0 Å². The molecule has 1 aliphatic heterocycles. The Morgan fingerprint density at radius 2 is 2.20 bits per heavy atom. The molecule has 0 aromatic rings. The van der Waals surface area contributed by atoms with Crippen LogP contribution in [0.25, 0.3) is 0 Å². The molecule has 82 valence electrons. The second kappa shape index (κ2) is 4.30. The average molecular weight is 209 g/mol. The van der Waals surface area contributed by atoms with E-state index >= 15 is 0 Å². The highest BCUT2D eigenvalue weighted by Gasteiger charge is 2.34. The summed E-state index contributed by atoms with van der Waals surface area (Å²) >= 11 is 0. The molecule has 0 aromatic heterocycles. The fourth-order valence-corrected chi connectivity index (χ4v) is 1.62. The molecule has 0 atom stereocenters. The Kier molecular flexibility index (Phi) is 3.30. The van der Waals surface area contributed by atoms with Crippen LogP contribution < -0.4 is 5.32 Å². The first kappa shape index (κ1) is 11.5. The van der Waals surface area contributed by atoms with Crippen molar-refractivity contribution >= 4 is 11.8 Å². The van der Waals surface area contributed by atoms with Gasteiger partial charge in [0.25, 0.3) is 0 Å². The van der Waals surface area contributed by atoms with E-state index in [4.69, 9.17) is 5.26 Å². The number of carbonyl (C=O) groups is 2. The topological polar surface area (TPSA) is 73.2 Å². The van der Waals surface area contributed by atoms with E-state index in [9.17, 15) is 9.59 Å². The van der Waals surface area contributed by atoms with E-state index in [2.05, 4.69) is 19.2 Å². The summed E-state index contributed by atoms with van der Waals surface area (Å²) in [7, 11) is 0. The van der Waals surface area contributed by atoms with Crippen molar-refractivity contribution in [3.8, 4) is 6.07 Å². The quantitative estimate of drug-likeness (QED) is 0.483. The van der Waals surface area contributed by atoms with E-state index in [1.165, 1.54) is 4.90 Å². The third kappa shape index (κ3) is 2.94. The van der Waals surface area contributed by atoms with Gasteiger partial charge in [0.05, 0.1) is 6.07 Å². The summed E-state index contributed by atoms with van der Waals surface area (Å²) in [6, 6.07) is 1.76. The maximum Gasteiger partial charge on any atom is 0.311 e. The summed E-state index contributed by atoms with van der Waals surface area (Å²) in [4.78, 5) is 24.3. The number of nitrogens with one attached hydrogen (secondary N) is 1. The van der Waals surface area contributed by atoms with E-state index in [-0.39, 0.29) is 12.0 Å². The molecule has 15 heavy (non-hydrogen) atoms. The maximum absolute atomic E-state index is 11.5. The lowest BCUT2D eigenvalue weighted by atomic mass is 9.93. The number of hydrogen-bond acceptors (Lipinski definition) is 3. The molecule has 0 aromatic carbocycles. The Morgan fingerprint density at radius 3 is 2.67 bits per heavy atom. The molecule has 0 saturated carbocycles. The molecule has 1 heterocycles. The first-order valence-electron chi connectivity index (χ1n) is 4.90. The molecular formula is C10H15N3O2. The second-order valence-electron chi connectivity index (χ2n) is 4.48. The number of carbonyl (C=O) groups excluding carboxylic acids is 2. The molecule has 1 fully saturated rings. The van der Waals surface area contributed by atoms with Gasteiger partial charge in [-0.25, -0.2) is 0 Å². The summed E-state index contributed by atoms with van der Waals surface area (Å²) in [6.07, 6.45) is 0.907. The summed E-state index contributed by atoms with van der Waals surface area (Å²) in [5, 5.41) is 10.5. The van der Waals surface area contributed by atoms with Crippen LogP contribution in [0.5, 0.6) is 0 Å². The highest BCUT2D eigenvalue weighted by molar-refractivity contribution is 6.35. The molecule has 0 radical (unpaired) electrons. The Hall–Kier alpha value is -1.57. The van der Waals surface area contributed by atoms with Crippen LogP contribution in [-0.4, -0.2) is 36.3 Å². The molecule has 1 rings (SSSR count). The Balaban J connectivity index is 2.49. The third-order valence-corrected chi connectivity index (χ3v) is 2.49. The molecule has 1 N–H and O–H groups in total. The van der Waals surface area contributed by atoms with Crippen LogP contribution in [0.4, 0.5) is 0 Å². The highest BCUT2D eigenvalue weighted by Crippen LogP contribution is 2.28. The van der Waals surface area contributed by atoms with Crippen molar-refractivity contribution in [2.45, 2.75) is 20.3 Å². The van der Waals surface area contributed by atoms with Crippen LogP contribution in [0.2, 0.25) is 0 Å². The van der Waals surface area contributed by atoms with Crippen LogP contribution >= 0.6 is 0 Å². The zero-order valence-corrected chi connectivity index (χ0v) is 9.04. The van der Waals surface area contributed by atoms with Gasteiger partial charge >= 0.3 is 11.8 Å². The number of nitriles is 1. The van der Waals surface area contributed by atoms with Gasteiger partial charge in [-0.05, 0) is 11.8 Å². The smallest absolute Gasteiger partial charge is 0.311 e. The lowest BCUT2D eigenvalue weighted by Crippen LogP contribution is -2.42. The first-order chi connectivity index (χ1) is 6.96. The van der Waals surface area contributed by atoms with Crippen LogP contribution in [-0.2, 0) is 9.59 Å². The summed E-state index contributed by atoms with van der Waals surface area (Å²) in [5.41, 5.74) is 0.0885. The molecule has 1 aliphatic rings. The van der Waals surface area contributed by atoms with Crippen molar-refractivity contribution < 1.29 is 9.59 Å². The van der Waals surface area contributed by atoms with Crippen molar-refractivity contribution in [2.24, 2.45) is 5.41 Å². The lowest BCUT2D eigenvalue weighted by Gasteiger charge is -2.18. The summed E-state index contributed by atoms with van der Waals surface area (Å²) in [5.74, 6) is -1.22. The molecule has 0 spiro atoms. The van der Waals surface area contributed by atoms with Gasteiger partial charge in [0.1, 0.15) is 6.54 Å². The minimum atomic E-state index is -0.686. The Bertz CT molecular complexity index is 317. The fraction of sp³-hybridized carbons (Fsp3) is 0.700. The SMILES string of the molecule is CC1(C)CCN(C(=O)C(=O)NCC#N)C1. The first-order valence-corrected chi connectivity index (χ1v) is 4.90. The molecule has 5 heteroatoms. The van der Waals surface area contributed by atoms with Gasteiger partial charge in [0.2, 0.25) is 0 Å². The molecule has 1 saturated heterocycles. The predicted molar refractivity (Wildman–Crippen MR) is 53.6 cm³/mol. The van der Waals surface area contributed by atoms with Crippen molar-refractivity contribution in [1.29, 1.82) is 5.26 Å². The predicted octanol–water partition coefficient (Wildman–Crippen LogP) is -0.115. The number of likely N-dealkylation sites (tertiary alicyclic amines) is 1. The summed E-state index contributed by atoms with van der Waals surface area (Å²) < 4.78 is 0. The molecule has 0 aliphatic carbocycles. The highest BCUT2D eigenvalue weighted by atomic mass is 16.2. The van der Waals surface area contributed by atoms with Gasteiger partial charge < -0.3 is 10.2 Å². The van der Waals surface area contributed by atoms with Gasteiger partial charge in [-0.15, -0.1) is 0 Å². The molecule has 5 nitrogen and oxygen atoms in total. The average Bonchev–Trinajstić information content (AvgIpc) is 2.54. The minimum Gasteiger partial charge on any atom is -0.335 e. The summed E-state index contributed by atoms with van der Waals surface area (Å²) in [6.45, 7) is 5.22. The third-order valence-electron chi connectivity index (χ3n) is 2.49. The molecular weight excluding hydrogens is 194 g/mol. The lowest BCUT2D eigenvalue weighted by molar-refractivity contribution is -0.145. The standard InChI is InChI=1S/C10H15N3O2/c1-10(2)3-6-13(7-10)9(15)8(14)12-5-4-11/h3,5-7H2,1-2H3,(H,12,14). The monoisotopic (exact) mass is 209 g/mol. The van der Waals surface area contributed by atoms with Crippen LogP contribution in [0.15, 0.2) is 0 Å². The van der Waals surface area contributed by atoms with Gasteiger partial charge in [-0.1, -0.05) is 13.8 Å². The number of rotatable bonds is 1. The van der Waals surface area contributed by atoms with E-state index in [0.717, 1.165) is 6.42 Å². The van der Waals surface area contributed by atoms with Gasteiger partial charge in [-0.2, -0.15) is 5.26 Å². The minimum absolute atomic E-state index is 0.0885. The Labute approximate surface area is 89.0 Å². The molecule has 0 unspecified atom stereocenters. The largest absolute Gasteiger partial charge is 0.335 e. The van der Waals surface area contributed by atoms with Crippen molar-refractivity contribution in [3.63, 3.8) is 0 Å². The van der Waals surface area contributed by atoms with Crippen LogP contribution in [0, 0.1) is 16.7 Å². The van der Waals surface area contributed by atoms with E-state index in [1.807, 2.05) is 0 Å². The zero-order chi connectivity index (χ0) is 11.5. The maximum atomic E-state index is 11.5. The van der Waals surface area contributed by atoms with Crippen LogP contribution in [0.1, 0.15) is 20.3 Å².